The van der Waals surface area contributed by atoms with Gasteiger partial charge in [0.05, 0.1) is 29.0 Å². The van der Waals surface area contributed by atoms with Crippen molar-refractivity contribution in [3.8, 4) is 0 Å². The van der Waals surface area contributed by atoms with E-state index >= 15 is 0 Å². The summed E-state index contributed by atoms with van der Waals surface area (Å²) in [6.07, 6.45) is 1.68. The van der Waals surface area contributed by atoms with Crippen molar-refractivity contribution in [3.05, 3.63) is 88.4 Å². The maximum absolute atomic E-state index is 12.6. The highest BCUT2D eigenvalue weighted by Crippen LogP contribution is 2.25. The molecule has 1 unspecified atom stereocenters. The summed E-state index contributed by atoms with van der Waals surface area (Å²) in [4.78, 5) is 19.9. The molecule has 4 rings (SSSR count). The van der Waals surface area contributed by atoms with Gasteiger partial charge in [-0.15, -0.1) is 0 Å². The number of fused-ring (bicyclic) bond motifs is 1. The van der Waals surface area contributed by atoms with Crippen molar-refractivity contribution in [2.75, 3.05) is 0 Å². The number of amides is 1. The SMILES string of the molecule is O=C(NC(c1ccccc1)c1ccc2nc[nH]c2c1)c1ccsc1. The number of nitrogens with zero attached hydrogens (tertiary/aromatic N) is 1. The molecule has 0 aliphatic heterocycles. The van der Waals surface area contributed by atoms with E-state index in [0.29, 0.717) is 5.56 Å². The second kappa shape index (κ2) is 6.29. The standard InChI is InChI=1S/C19H15N3OS/c23-19(15-8-9-24-11-15)22-18(13-4-2-1-3-5-13)14-6-7-16-17(10-14)21-12-20-16/h1-12,18H,(H,20,21)(H,22,23). The van der Waals surface area contributed by atoms with Crippen LogP contribution >= 0.6 is 11.3 Å². The first-order valence-electron chi connectivity index (χ1n) is 7.62. The van der Waals surface area contributed by atoms with Crippen LogP contribution < -0.4 is 5.32 Å². The number of carbonyl (C=O) groups excluding carboxylic acids is 1. The Balaban J connectivity index is 1.73. The summed E-state index contributed by atoms with van der Waals surface area (Å²) < 4.78 is 0. The Morgan fingerprint density at radius 3 is 2.75 bits per heavy atom. The van der Waals surface area contributed by atoms with E-state index in [1.807, 2.05) is 65.4 Å². The lowest BCUT2D eigenvalue weighted by Crippen LogP contribution is -2.29. The van der Waals surface area contributed by atoms with Gasteiger partial charge in [0.2, 0.25) is 0 Å². The van der Waals surface area contributed by atoms with Crippen LogP contribution in [0.3, 0.4) is 0 Å². The average molecular weight is 333 g/mol. The molecule has 0 fully saturated rings. The number of rotatable bonds is 4. The van der Waals surface area contributed by atoms with E-state index in [1.54, 1.807) is 6.33 Å². The van der Waals surface area contributed by atoms with Gasteiger partial charge in [0.25, 0.3) is 5.91 Å². The first-order valence-corrected chi connectivity index (χ1v) is 8.56. The molecule has 0 bridgehead atoms. The van der Waals surface area contributed by atoms with Crippen molar-refractivity contribution < 1.29 is 4.79 Å². The number of hydrogen-bond acceptors (Lipinski definition) is 3. The van der Waals surface area contributed by atoms with Crippen LogP contribution in [-0.2, 0) is 0 Å². The molecule has 118 valence electrons. The van der Waals surface area contributed by atoms with Gasteiger partial charge in [-0.1, -0.05) is 36.4 Å². The molecule has 2 heterocycles. The molecule has 4 aromatic rings. The fourth-order valence-corrected chi connectivity index (χ4v) is 3.38. The van der Waals surface area contributed by atoms with Gasteiger partial charge in [0.1, 0.15) is 0 Å². The zero-order valence-corrected chi connectivity index (χ0v) is 13.6. The molecule has 2 aromatic heterocycles. The number of nitrogens with one attached hydrogen (secondary N) is 2. The van der Waals surface area contributed by atoms with Gasteiger partial charge in [-0.25, -0.2) is 4.98 Å². The number of aromatic amines is 1. The normalized spacial score (nSPS) is 12.2. The van der Waals surface area contributed by atoms with Crippen LogP contribution in [0.1, 0.15) is 27.5 Å². The van der Waals surface area contributed by atoms with Gasteiger partial charge in [-0.3, -0.25) is 4.79 Å². The van der Waals surface area contributed by atoms with Crippen molar-refractivity contribution in [1.29, 1.82) is 0 Å². The lowest BCUT2D eigenvalue weighted by molar-refractivity contribution is 0.0943. The third-order valence-corrected chi connectivity index (χ3v) is 4.65. The number of aromatic nitrogens is 2. The third kappa shape index (κ3) is 2.81. The Hall–Kier alpha value is -2.92. The van der Waals surface area contributed by atoms with Gasteiger partial charge in [-0.05, 0) is 34.7 Å². The molecular formula is C19H15N3OS. The van der Waals surface area contributed by atoms with Gasteiger partial charge in [0.15, 0.2) is 0 Å². The smallest absolute Gasteiger partial charge is 0.252 e. The molecule has 0 aliphatic carbocycles. The number of imidazole rings is 1. The van der Waals surface area contributed by atoms with E-state index in [9.17, 15) is 4.79 Å². The van der Waals surface area contributed by atoms with Crippen LogP contribution in [0.25, 0.3) is 11.0 Å². The zero-order valence-electron chi connectivity index (χ0n) is 12.8. The molecule has 24 heavy (non-hydrogen) atoms. The summed E-state index contributed by atoms with van der Waals surface area (Å²) in [6.45, 7) is 0. The summed E-state index contributed by atoms with van der Waals surface area (Å²) in [5.41, 5.74) is 4.61. The first kappa shape index (κ1) is 14.7. The van der Waals surface area contributed by atoms with Crippen LogP contribution in [0.2, 0.25) is 0 Å². The van der Waals surface area contributed by atoms with Crippen molar-refractivity contribution in [2.24, 2.45) is 0 Å². The Bertz CT molecular complexity index is 961. The Kier molecular flexibility index (Phi) is 3.84. The molecule has 0 spiro atoms. The Labute approximate surface area is 143 Å². The number of benzene rings is 2. The number of carbonyl (C=O) groups is 1. The van der Waals surface area contributed by atoms with E-state index in [2.05, 4.69) is 15.3 Å². The van der Waals surface area contributed by atoms with Crippen LogP contribution in [0.5, 0.6) is 0 Å². The molecule has 5 heteroatoms. The summed E-state index contributed by atoms with van der Waals surface area (Å²) in [5, 5.41) is 6.90. The molecule has 1 atom stereocenters. The Morgan fingerprint density at radius 2 is 1.96 bits per heavy atom. The summed E-state index contributed by atoms with van der Waals surface area (Å²) >= 11 is 1.52. The lowest BCUT2D eigenvalue weighted by atomic mass is 9.98. The highest BCUT2D eigenvalue weighted by Gasteiger charge is 2.18. The van der Waals surface area contributed by atoms with Crippen LogP contribution in [0.15, 0.2) is 71.7 Å². The minimum atomic E-state index is -0.216. The number of H-pyrrole nitrogens is 1. The van der Waals surface area contributed by atoms with Crippen LogP contribution in [0.4, 0.5) is 0 Å². The molecule has 0 saturated carbocycles. The topological polar surface area (TPSA) is 57.8 Å². The average Bonchev–Trinajstić information content (AvgIpc) is 3.31. The van der Waals surface area contributed by atoms with Crippen molar-refractivity contribution in [2.45, 2.75) is 6.04 Å². The highest BCUT2D eigenvalue weighted by atomic mass is 32.1. The third-order valence-electron chi connectivity index (χ3n) is 3.97. The fourth-order valence-electron chi connectivity index (χ4n) is 2.75. The fraction of sp³-hybridized carbons (Fsp3) is 0.0526. The minimum Gasteiger partial charge on any atom is -0.345 e. The molecular weight excluding hydrogens is 318 g/mol. The monoisotopic (exact) mass is 333 g/mol. The maximum Gasteiger partial charge on any atom is 0.252 e. The van der Waals surface area contributed by atoms with Crippen LogP contribution in [-0.4, -0.2) is 15.9 Å². The number of hydrogen-bond donors (Lipinski definition) is 2. The van der Waals surface area contributed by atoms with Crippen molar-refractivity contribution in [3.63, 3.8) is 0 Å². The minimum absolute atomic E-state index is 0.0742. The van der Waals surface area contributed by atoms with Gasteiger partial charge < -0.3 is 10.3 Å². The zero-order chi connectivity index (χ0) is 16.4. The Morgan fingerprint density at radius 1 is 1.08 bits per heavy atom. The van der Waals surface area contributed by atoms with Gasteiger partial charge >= 0.3 is 0 Å². The summed E-state index contributed by atoms with van der Waals surface area (Å²) in [7, 11) is 0. The molecule has 0 radical (unpaired) electrons. The predicted molar refractivity (Wildman–Crippen MR) is 96.2 cm³/mol. The predicted octanol–water partition coefficient (Wildman–Crippen LogP) is 4.14. The molecule has 4 nitrogen and oxygen atoms in total. The number of thiophene rings is 1. The second-order valence-corrected chi connectivity index (χ2v) is 6.29. The van der Waals surface area contributed by atoms with E-state index in [0.717, 1.165) is 22.2 Å². The van der Waals surface area contributed by atoms with E-state index in [1.165, 1.54) is 11.3 Å². The molecule has 1 amide bonds. The van der Waals surface area contributed by atoms with Gasteiger partial charge in [0, 0.05) is 5.38 Å². The van der Waals surface area contributed by atoms with E-state index < -0.39 is 0 Å². The molecule has 0 aliphatic rings. The largest absolute Gasteiger partial charge is 0.345 e. The lowest BCUT2D eigenvalue weighted by Gasteiger charge is -2.19. The summed E-state index contributed by atoms with van der Waals surface area (Å²) in [6, 6.07) is 17.6. The van der Waals surface area contributed by atoms with Gasteiger partial charge in [-0.2, -0.15) is 11.3 Å². The second-order valence-electron chi connectivity index (χ2n) is 5.51. The van der Waals surface area contributed by atoms with Crippen molar-refractivity contribution in [1.82, 2.24) is 15.3 Å². The van der Waals surface area contributed by atoms with Crippen LogP contribution in [0, 0.1) is 0 Å². The summed E-state index contributed by atoms with van der Waals surface area (Å²) in [5.74, 6) is -0.0742. The quantitative estimate of drug-likeness (QED) is 0.589. The maximum atomic E-state index is 12.6. The van der Waals surface area contributed by atoms with E-state index in [4.69, 9.17) is 0 Å². The van der Waals surface area contributed by atoms with Crippen molar-refractivity contribution >= 4 is 28.3 Å². The molecule has 0 saturated heterocycles. The highest BCUT2D eigenvalue weighted by molar-refractivity contribution is 7.08. The molecule has 2 aromatic carbocycles. The molecule has 2 N–H and O–H groups in total. The first-order chi connectivity index (χ1) is 11.8. The van der Waals surface area contributed by atoms with E-state index in [-0.39, 0.29) is 11.9 Å².